The highest BCUT2D eigenvalue weighted by Gasteiger charge is 2.27. The summed E-state index contributed by atoms with van der Waals surface area (Å²) in [5.74, 6) is 0. The van der Waals surface area contributed by atoms with Crippen molar-refractivity contribution < 1.29 is 8.42 Å². The summed E-state index contributed by atoms with van der Waals surface area (Å²) in [5.41, 5.74) is 6.56. The predicted molar refractivity (Wildman–Crippen MR) is 76.3 cm³/mol. The van der Waals surface area contributed by atoms with Crippen LogP contribution in [-0.4, -0.2) is 31.9 Å². The molecule has 0 bridgehead atoms. The van der Waals surface area contributed by atoms with E-state index in [2.05, 4.69) is 15.9 Å². The maximum atomic E-state index is 12.0. The molecule has 18 heavy (non-hydrogen) atoms. The molecule has 2 rings (SSSR count). The smallest absolute Gasteiger partial charge is 0.236 e. The molecule has 0 aromatic heterocycles. The quantitative estimate of drug-likeness (QED) is 0.918. The minimum atomic E-state index is -3.34. The van der Waals surface area contributed by atoms with Gasteiger partial charge in [0.05, 0.1) is 0 Å². The van der Waals surface area contributed by atoms with Gasteiger partial charge in [0, 0.05) is 29.0 Å². The number of benzene rings is 1. The molecule has 1 atom stereocenters. The van der Waals surface area contributed by atoms with Crippen molar-refractivity contribution in [3.05, 3.63) is 39.7 Å². The van der Waals surface area contributed by atoms with Crippen molar-refractivity contribution in [1.82, 2.24) is 4.31 Å². The van der Waals surface area contributed by atoms with Crippen molar-refractivity contribution in [2.45, 2.75) is 12.5 Å². The average molecular weight is 331 g/mol. The van der Waals surface area contributed by atoms with Crippen LogP contribution in [0.1, 0.15) is 12.0 Å². The molecule has 1 aliphatic heterocycles. The van der Waals surface area contributed by atoms with Crippen LogP contribution in [0.5, 0.6) is 0 Å². The van der Waals surface area contributed by atoms with Crippen molar-refractivity contribution >= 4 is 32.0 Å². The van der Waals surface area contributed by atoms with Gasteiger partial charge >= 0.3 is 0 Å². The van der Waals surface area contributed by atoms with Crippen molar-refractivity contribution in [1.29, 1.82) is 0 Å². The van der Waals surface area contributed by atoms with Crippen LogP contribution in [0, 0.1) is 0 Å². The van der Waals surface area contributed by atoms with E-state index in [4.69, 9.17) is 5.73 Å². The second-order valence-corrected chi connectivity index (χ2v) is 7.04. The molecule has 1 aromatic carbocycles. The van der Waals surface area contributed by atoms with Gasteiger partial charge in [0.1, 0.15) is 0 Å². The van der Waals surface area contributed by atoms with E-state index in [0.717, 1.165) is 16.5 Å². The number of hydrogen-bond acceptors (Lipinski definition) is 3. The Morgan fingerprint density at radius 1 is 1.33 bits per heavy atom. The summed E-state index contributed by atoms with van der Waals surface area (Å²) in [7, 11) is -3.34. The van der Waals surface area contributed by atoms with Gasteiger partial charge in [-0.2, -0.15) is 4.31 Å². The van der Waals surface area contributed by atoms with Gasteiger partial charge in [-0.1, -0.05) is 28.1 Å². The maximum Gasteiger partial charge on any atom is 0.236 e. The summed E-state index contributed by atoms with van der Waals surface area (Å²) in [6, 6.07) is 7.41. The summed E-state index contributed by atoms with van der Waals surface area (Å²) in [4.78, 5) is 0. The second-order valence-electron chi connectivity index (χ2n) is 4.31. The minimum Gasteiger partial charge on any atom is -0.326 e. The molecule has 4 nitrogen and oxygen atoms in total. The van der Waals surface area contributed by atoms with E-state index in [9.17, 15) is 8.42 Å². The summed E-state index contributed by atoms with van der Waals surface area (Å²) >= 11 is 3.33. The molecule has 2 N–H and O–H groups in total. The third kappa shape index (κ3) is 3.41. The van der Waals surface area contributed by atoms with Gasteiger partial charge in [-0.3, -0.25) is 0 Å². The lowest BCUT2D eigenvalue weighted by Crippen LogP contribution is -2.30. The molecule has 6 heteroatoms. The van der Waals surface area contributed by atoms with Gasteiger partial charge in [-0.05, 0) is 30.2 Å². The normalized spacial score (nSPS) is 21.8. The molecule has 1 fully saturated rings. The number of nitrogens with zero attached hydrogens (tertiary/aromatic N) is 1. The topological polar surface area (TPSA) is 63.4 Å². The number of nitrogens with two attached hydrogens (primary N) is 1. The summed E-state index contributed by atoms with van der Waals surface area (Å²) < 4.78 is 26.4. The van der Waals surface area contributed by atoms with Gasteiger partial charge in [-0.25, -0.2) is 8.42 Å². The Morgan fingerprint density at radius 3 is 2.56 bits per heavy atom. The number of hydrogen-bond donors (Lipinski definition) is 1. The van der Waals surface area contributed by atoms with Crippen molar-refractivity contribution in [3.63, 3.8) is 0 Å². The summed E-state index contributed by atoms with van der Waals surface area (Å²) in [6.45, 7) is 0.918. The van der Waals surface area contributed by atoms with Gasteiger partial charge in [-0.15, -0.1) is 0 Å². The third-order valence-corrected chi connectivity index (χ3v) is 4.91. The largest absolute Gasteiger partial charge is 0.326 e. The Balaban J connectivity index is 2.10. The van der Waals surface area contributed by atoms with E-state index in [1.54, 1.807) is 6.08 Å². The van der Waals surface area contributed by atoms with E-state index in [0.29, 0.717) is 13.1 Å². The van der Waals surface area contributed by atoms with Crippen LogP contribution in [0.4, 0.5) is 0 Å². The Hall–Kier alpha value is -0.690. The van der Waals surface area contributed by atoms with Gasteiger partial charge in [0.15, 0.2) is 0 Å². The Morgan fingerprint density at radius 2 is 2.00 bits per heavy atom. The van der Waals surface area contributed by atoms with Gasteiger partial charge in [0.25, 0.3) is 0 Å². The molecule has 0 spiro atoms. The number of rotatable bonds is 3. The van der Waals surface area contributed by atoms with Gasteiger partial charge in [0.2, 0.25) is 10.0 Å². The lowest BCUT2D eigenvalue weighted by molar-refractivity contribution is 0.481. The molecule has 0 aliphatic carbocycles. The summed E-state index contributed by atoms with van der Waals surface area (Å²) in [6.07, 6.45) is 2.33. The van der Waals surface area contributed by atoms with E-state index in [-0.39, 0.29) is 6.04 Å². The zero-order valence-electron chi connectivity index (χ0n) is 9.79. The lowest BCUT2D eigenvalue weighted by Gasteiger charge is -2.12. The monoisotopic (exact) mass is 330 g/mol. The Labute approximate surface area is 116 Å². The molecule has 98 valence electrons. The van der Waals surface area contributed by atoms with Crippen LogP contribution in [0.2, 0.25) is 0 Å². The van der Waals surface area contributed by atoms with Crippen LogP contribution in [0.3, 0.4) is 0 Å². The highest BCUT2D eigenvalue weighted by Crippen LogP contribution is 2.16. The van der Waals surface area contributed by atoms with Crippen LogP contribution in [0.15, 0.2) is 34.1 Å². The van der Waals surface area contributed by atoms with Crippen LogP contribution >= 0.6 is 15.9 Å². The molecule has 0 amide bonds. The first-order valence-electron chi connectivity index (χ1n) is 5.67. The van der Waals surface area contributed by atoms with Crippen molar-refractivity contribution in [2.75, 3.05) is 13.1 Å². The SMILES string of the molecule is NC1CCN(S(=O)(=O)C=Cc2ccc(Br)cc2)C1. The second kappa shape index (κ2) is 5.52. The predicted octanol–water partition coefficient (Wildman–Crippen LogP) is 1.78. The zero-order valence-corrected chi connectivity index (χ0v) is 12.2. The lowest BCUT2D eigenvalue weighted by atomic mass is 10.2. The first-order chi connectivity index (χ1) is 8.47. The minimum absolute atomic E-state index is 0.0409. The molecule has 1 aromatic rings. The maximum absolute atomic E-state index is 12.0. The first kappa shape index (κ1) is 13.7. The molecule has 0 saturated carbocycles. The van der Waals surface area contributed by atoms with E-state index >= 15 is 0 Å². The standard InChI is InChI=1S/C12H15BrN2O2S/c13-11-3-1-10(2-4-11)6-8-18(16,17)15-7-5-12(14)9-15/h1-4,6,8,12H,5,7,9,14H2. The fourth-order valence-electron chi connectivity index (χ4n) is 1.81. The number of sulfonamides is 1. The highest BCUT2D eigenvalue weighted by atomic mass is 79.9. The van der Waals surface area contributed by atoms with E-state index < -0.39 is 10.0 Å². The molecular formula is C12H15BrN2O2S. The molecule has 0 radical (unpaired) electrons. The van der Waals surface area contributed by atoms with Gasteiger partial charge < -0.3 is 5.73 Å². The van der Waals surface area contributed by atoms with Crippen LogP contribution in [-0.2, 0) is 10.0 Å². The van der Waals surface area contributed by atoms with Crippen LogP contribution in [0.25, 0.3) is 6.08 Å². The molecular weight excluding hydrogens is 316 g/mol. The fraction of sp³-hybridized carbons (Fsp3) is 0.333. The Kier molecular flexibility index (Phi) is 4.21. The van der Waals surface area contributed by atoms with E-state index in [1.165, 1.54) is 9.71 Å². The highest BCUT2D eigenvalue weighted by molar-refractivity contribution is 9.10. The van der Waals surface area contributed by atoms with E-state index in [1.807, 2.05) is 24.3 Å². The molecule has 1 heterocycles. The van der Waals surface area contributed by atoms with Crippen molar-refractivity contribution in [3.8, 4) is 0 Å². The molecule has 1 aliphatic rings. The average Bonchev–Trinajstić information content (AvgIpc) is 2.76. The van der Waals surface area contributed by atoms with Crippen LogP contribution < -0.4 is 5.73 Å². The Bertz CT molecular complexity index is 540. The summed E-state index contributed by atoms with van der Waals surface area (Å²) in [5, 5.41) is 1.24. The number of halogens is 1. The third-order valence-electron chi connectivity index (χ3n) is 2.85. The van der Waals surface area contributed by atoms with Crippen molar-refractivity contribution in [2.24, 2.45) is 5.73 Å². The fourth-order valence-corrected chi connectivity index (χ4v) is 3.33. The zero-order chi connectivity index (χ0) is 13.2. The molecule has 1 unspecified atom stereocenters. The first-order valence-corrected chi connectivity index (χ1v) is 7.96. The molecule has 1 saturated heterocycles.